The van der Waals surface area contributed by atoms with Crippen molar-refractivity contribution in [1.29, 1.82) is 0 Å². The number of hydrogen-bond donors (Lipinski definition) is 1. The Morgan fingerprint density at radius 2 is 2.00 bits per heavy atom. The monoisotopic (exact) mass is 208 g/mol. The molecule has 0 amide bonds. The fourth-order valence-electron chi connectivity index (χ4n) is 2.37. The molecule has 1 heterocycles. The molecule has 3 heteroatoms. The van der Waals surface area contributed by atoms with Crippen molar-refractivity contribution in [2.45, 2.75) is 38.9 Å². The molecule has 2 aliphatic rings. The van der Waals surface area contributed by atoms with E-state index in [2.05, 4.69) is 30.9 Å². The Kier molecular flexibility index (Phi) is 3.00. The molecule has 0 saturated carbocycles. The van der Waals surface area contributed by atoms with E-state index in [1.807, 2.05) is 0 Å². The lowest BCUT2D eigenvalue weighted by molar-refractivity contribution is -0.0587. The van der Waals surface area contributed by atoms with Crippen LogP contribution in [0.2, 0.25) is 0 Å². The van der Waals surface area contributed by atoms with Gasteiger partial charge in [-0.15, -0.1) is 0 Å². The minimum atomic E-state index is 0.321. The lowest BCUT2D eigenvalue weighted by atomic mass is 10.1. The van der Waals surface area contributed by atoms with E-state index < -0.39 is 0 Å². The van der Waals surface area contributed by atoms with Gasteiger partial charge in [0.15, 0.2) is 0 Å². The largest absolute Gasteiger partial charge is 0.399 e. The molecule has 2 rings (SSSR count). The number of rotatable bonds is 1. The molecule has 1 aliphatic carbocycles. The van der Waals surface area contributed by atoms with Gasteiger partial charge >= 0.3 is 0 Å². The van der Waals surface area contributed by atoms with Crippen molar-refractivity contribution in [3.05, 3.63) is 23.5 Å². The van der Waals surface area contributed by atoms with E-state index in [1.54, 1.807) is 0 Å². The molecule has 0 radical (unpaired) electrons. The molecule has 0 spiro atoms. The van der Waals surface area contributed by atoms with Gasteiger partial charge in [0, 0.05) is 24.5 Å². The van der Waals surface area contributed by atoms with E-state index in [1.165, 1.54) is 5.70 Å². The Balaban J connectivity index is 2.06. The molecule has 0 aromatic carbocycles. The highest BCUT2D eigenvalue weighted by Gasteiger charge is 2.23. The van der Waals surface area contributed by atoms with Gasteiger partial charge in [0.1, 0.15) is 0 Å². The third-order valence-electron chi connectivity index (χ3n) is 2.94. The molecular formula is C12H20N2O. The number of hydrogen-bond acceptors (Lipinski definition) is 3. The second-order valence-corrected chi connectivity index (χ2v) is 4.54. The van der Waals surface area contributed by atoms with Crippen LogP contribution in [0.5, 0.6) is 0 Å². The first kappa shape index (κ1) is 10.6. The average Bonchev–Trinajstić information content (AvgIpc) is 2.16. The summed E-state index contributed by atoms with van der Waals surface area (Å²) in [6.07, 6.45) is 7.02. The van der Waals surface area contributed by atoms with E-state index in [0.29, 0.717) is 12.2 Å². The molecule has 0 aromatic rings. The fraction of sp³-hybridized carbons (Fsp3) is 0.667. The number of morpholine rings is 1. The van der Waals surface area contributed by atoms with E-state index in [9.17, 15) is 0 Å². The number of ether oxygens (including phenoxy) is 1. The highest BCUT2D eigenvalue weighted by molar-refractivity contribution is 5.24. The van der Waals surface area contributed by atoms with Crippen molar-refractivity contribution in [2.24, 2.45) is 5.73 Å². The van der Waals surface area contributed by atoms with Gasteiger partial charge in [-0.1, -0.05) is 6.08 Å². The van der Waals surface area contributed by atoms with Crippen LogP contribution in [0.4, 0.5) is 0 Å². The van der Waals surface area contributed by atoms with Crippen LogP contribution in [-0.2, 0) is 4.74 Å². The normalized spacial score (nSPS) is 32.3. The first-order valence-corrected chi connectivity index (χ1v) is 5.72. The predicted octanol–water partition coefficient (Wildman–Crippen LogP) is 1.62. The summed E-state index contributed by atoms with van der Waals surface area (Å²) in [6, 6.07) is 0. The molecule has 84 valence electrons. The summed E-state index contributed by atoms with van der Waals surface area (Å²) in [6.45, 7) is 6.24. The SMILES string of the molecule is CC1CN(C2=CC(N)=CCC2)CC(C)O1. The average molecular weight is 208 g/mol. The summed E-state index contributed by atoms with van der Waals surface area (Å²) in [4.78, 5) is 2.42. The van der Waals surface area contributed by atoms with Gasteiger partial charge in [0.2, 0.25) is 0 Å². The molecule has 1 fully saturated rings. The molecule has 1 aliphatic heterocycles. The molecule has 3 nitrogen and oxygen atoms in total. The number of nitrogens with two attached hydrogens (primary N) is 1. The van der Waals surface area contributed by atoms with Crippen molar-refractivity contribution in [2.75, 3.05) is 13.1 Å². The third-order valence-corrected chi connectivity index (χ3v) is 2.94. The lowest BCUT2D eigenvalue weighted by Gasteiger charge is -2.38. The Hall–Kier alpha value is -0.960. The van der Waals surface area contributed by atoms with Gasteiger partial charge in [-0.2, -0.15) is 0 Å². The number of nitrogens with zero attached hydrogens (tertiary/aromatic N) is 1. The van der Waals surface area contributed by atoms with Crippen molar-refractivity contribution >= 4 is 0 Å². The summed E-state index contributed by atoms with van der Waals surface area (Å²) >= 11 is 0. The maximum absolute atomic E-state index is 5.83. The quantitative estimate of drug-likeness (QED) is 0.711. The van der Waals surface area contributed by atoms with Gasteiger partial charge in [0.05, 0.1) is 12.2 Å². The lowest BCUT2D eigenvalue weighted by Crippen LogP contribution is -2.45. The summed E-state index contributed by atoms with van der Waals surface area (Å²) in [5.41, 5.74) is 8.11. The first-order chi connectivity index (χ1) is 7.15. The molecule has 0 bridgehead atoms. The number of allylic oxidation sites excluding steroid dienone is 3. The predicted molar refractivity (Wildman–Crippen MR) is 61.2 cm³/mol. The Labute approximate surface area is 91.6 Å². The van der Waals surface area contributed by atoms with Crippen LogP contribution in [-0.4, -0.2) is 30.2 Å². The Morgan fingerprint density at radius 1 is 1.33 bits per heavy atom. The minimum absolute atomic E-state index is 0.321. The second-order valence-electron chi connectivity index (χ2n) is 4.54. The van der Waals surface area contributed by atoms with Crippen molar-refractivity contribution < 1.29 is 4.74 Å². The Morgan fingerprint density at radius 3 is 2.60 bits per heavy atom. The molecule has 2 unspecified atom stereocenters. The van der Waals surface area contributed by atoms with Crippen molar-refractivity contribution in [3.8, 4) is 0 Å². The van der Waals surface area contributed by atoms with Crippen molar-refractivity contribution in [1.82, 2.24) is 4.90 Å². The molecular weight excluding hydrogens is 188 g/mol. The van der Waals surface area contributed by atoms with Crippen LogP contribution in [0.3, 0.4) is 0 Å². The summed E-state index contributed by atoms with van der Waals surface area (Å²) in [5.74, 6) is 0. The van der Waals surface area contributed by atoms with E-state index >= 15 is 0 Å². The molecule has 2 atom stereocenters. The zero-order chi connectivity index (χ0) is 10.8. The highest BCUT2D eigenvalue weighted by atomic mass is 16.5. The van der Waals surface area contributed by atoms with Gasteiger partial charge in [0.25, 0.3) is 0 Å². The van der Waals surface area contributed by atoms with Crippen LogP contribution in [0.25, 0.3) is 0 Å². The smallest absolute Gasteiger partial charge is 0.0726 e. The summed E-state index contributed by atoms with van der Waals surface area (Å²) < 4.78 is 5.72. The fourth-order valence-corrected chi connectivity index (χ4v) is 2.37. The standard InChI is InChI=1S/C12H20N2O/c1-9-7-14(8-10(2)15-9)12-5-3-4-11(13)6-12/h4,6,9-10H,3,5,7-8,13H2,1-2H3. The van der Waals surface area contributed by atoms with E-state index in [-0.39, 0.29) is 0 Å². The van der Waals surface area contributed by atoms with Crippen LogP contribution < -0.4 is 5.73 Å². The maximum atomic E-state index is 5.83. The highest BCUT2D eigenvalue weighted by Crippen LogP contribution is 2.22. The molecule has 0 aromatic heterocycles. The van der Waals surface area contributed by atoms with Crippen molar-refractivity contribution in [3.63, 3.8) is 0 Å². The maximum Gasteiger partial charge on any atom is 0.0726 e. The minimum Gasteiger partial charge on any atom is -0.399 e. The van der Waals surface area contributed by atoms with Gasteiger partial charge in [-0.25, -0.2) is 0 Å². The zero-order valence-corrected chi connectivity index (χ0v) is 9.57. The van der Waals surface area contributed by atoms with E-state index in [0.717, 1.165) is 31.6 Å². The van der Waals surface area contributed by atoms with E-state index in [4.69, 9.17) is 10.5 Å². The van der Waals surface area contributed by atoms with Crippen LogP contribution in [0, 0.1) is 0 Å². The third kappa shape index (κ3) is 2.53. The summed E-state index contributed by atoms with van der Waals surface area (Å²) in [5, 5.41) is 0. The first-order valence-electron chi connectivity index (χ1n) is 5.72. The van der Waals surface area contributed by atoms with Crippen LogP contribution >= 0.6 is 0 Å². The topological polar surface area (TPSA) is 38.5 Å². The van der Waals surface area contributed by atoms with Gasteiger partial charge in [-0.05, 0) is 32.8 Å². The second kappa shape index (κ2) is 4.27. The molecule has 2 N–H and O–H groups in total. The summed E-state index contributed by atoms with van der Waals surface area (Å²) in [7, 11) is 0. The van der Waals surface area contributed by atoms with Crippen LogP contribution in [0.15, 0.2) is 23.5 Å². The molecule has 15 heavy (non-hydrogen) atoms. The van der Waals surface area contributed by atoms with Gasteiger partial charge < -0.3 is 15.4 Å². The van der Waals surface area contributed by atoms with Crippen LogP contribution in [0.1, 0.15) is 26.7 Å². The molecule has 1 saturated heterocycles. The zero-order valence-electron chi connectivity index (χ0n) is 9.57. The Bertz CT molecular complexity index is 286. The van der Waals surface area contributed by atoms with Gasteiger partial charge in [-0.3, -0.25) is 0 Å².